The molecule has 1 aromatic rings. The van der Waals surface area contributed by atoms with Gasteiger partial charge >= 0.3 is 0 Å². The van der Waals surface area contributed by atoms with Crippen LogP contribution in [0.5, 0.6) is 5.75 Å². The van der Waals surface area contributed by atoms with Crippen molar-refractivity contribution in [3.05, 3.63) is 29.6 Å². The van der Waals surface area contributed by atoms with E-state index in [-0.39, 0.29) is 11.5 Å². The van der Waals surface area contributed by atoms with Crippen molar-refractivity contribution in [1.82, 2.24) is 0 Å². The molecular weight excluding hydrogens is 195 g/mol. The van der Waals surface area contributed by atoms with Gasteiger partial charge in [-0.2, -0.15) is 0 Å². The van der Waals surface area contributed by atoms with Crippen molar-refractivity contribution in [1.29, 1.82) is 0 Å². The first kappa shape index (κ1) is 10.1. The van der Waals surface area contributed by atoms with Gasteiger partial charge in [0.2, 0.25) is 0 Å². The van der Waals surface area contributed by atoms with Crippen molar-refractivity contribution < 1.29 is 13.9 Å². The molecule has 1 aromatic carbocycles. The van der Waals surface area contributed by atoms with Gasteiger partial charge in [-0.05, 0) is 43.9 Å². The van der Waals surface area contributed by atoms with Crippen molar-refractivity contribution in [2.75, 3.05) is 6.61 Å². The number of Topliss-reactive ketones (excluding diaryl/α,β-unsaturated/α-hetero) is 1. The van der Waals surface area contributed by atoms with Crippen LogP contribution in [0, 0.1) is 11.7 Å². The quantitative estimate of drug-likeness (QED) is 0.711. The fraction of sp³-hybridized carbons (Fsp3) is 0.417. The maximum Gasteiger partial charge on any atom is 0.165 e. The first-order valence-corrected chi connectivity index (χ1v) is 5.10. The van der Waals surface area contributed by atoms with Gasteiger partial charge < -0.3 is 4.74 Å². The van der Waals surface area contributed by atoms with E-state index in [1.807, 2.05) is 0 Å². The van der Waals surface area contributed by atoms with Gasteiger partial charge in [-0.1, -0.05) is 0 Å². The summed E-state index contributed by atoms with van der Waals surface area (Å²) in [7, 11) is 0. The summed E-state index contributed by atoms with van der Waals surface area (Å²) in [5, 5.41) is 0. The van der Waals surface area contributed by atoms with Crippen LogP contribution in [0.1, 0.15) is 30.1 Å². The van der Waals surface area contributed by atoms with Gasteiger partial charge in [-0.25, -0.2) is 4.39 Å². The van der Waals surface area contributed by atoms with Crippen LogP contribution in [0.25, 0.3) is 0 Å². The number of halogens is 1. The van der Waals surface area contributed by atoms with E-state index in [1.165, 1.54) is 25.1 Å². The van der Waals surface area contributed by atoms with Gasteiger partial charge in [0.1, 0.15) is 0 Å². The lowest BCUT2D eigenvalue weighted by Gasteiger charge is -2.07. The number of ether oxygens (including phenoxy) is 1. The topological polar surface area (TPSA) is 26.3 Å². The Labute approximate surface area is 88.1 Å². The van der Waals surface area contributed by atoms with Crippen LogP contribution >= 0.6 is 0 Å². The predicted octanol–water partition coefficient (Wildman–Crippen LogP) is 2.82. The molecular formula is C12H13FO2. The van der Waals surface area contributed by atoms with Crippen LogP contribution in [0.15, 0.2) is 18.2 Å². The number of benzene rings is 1. The summed E-state index contributed by atoms with van der Waals surface area (Å²) in [6.07, 6.45) is 2.32. The molecule has 80 valence electrons. The molecule has 0 heterocycles. The van der Waals surface area contributed by atoms with Gasteiger partial charge in [0, 0.05) is 5.56 Å². The molecule has 0 unspecified atom stereocenters. The second-order valence-corrected chi connectivity index (χ2v) is 3.96. The second kappa shape index (κ2) is 4.01. The van der Waals surface area contributed by atoms with Crippen LogP contribution in [-0.2, 0) is 0 Å². The lowest BCUT2D eigenvalue weighted by molar-refractivity contribution is 0.101. The minimum absolute atomic E-state index is 0.0775. The highest BCUT2D eigenvalue weighted by Crippen LogP contribution is 2.30. The van der Waals surface area contributed by atoms with E-state index in [2.05, 4.69) is 0 Å². The van der Waals surface area contributed by atoms with E-state index in [0.29, 0.717) is 18.1 Å². The highest BCUT2D eigenvalue weighted by Gasteiger charge is 2.22. The minimum atomic E-state index is -0.402. The van der Waals surface area contributed by atoms with Gasteiger partial charge in [0.05, 0.1) is 6.61 Å². The standard InChI is InChI=1S/C12H13FO2/c1-8(14)10-4-5-11(13)12(6-10)15-7-9-2-3-9/h4-6,9H,2-3,7H2,1H3. The SMILES string of the molecule is CC(=O)c1ccc(F)c(OCC2CC2)c1. The summed E-state index contributed by atoms with van der Waals surface area (Å²) in [6, 6.07) is 4.22. The van der Waals surface area contributed by atoms with Crippen molar-refractivity contribution >= 4 is 5.78 Å². The zero-order valence-electron chi connectivity index (χ0n) is 8.63. The van der Waals surface area contributed by atoms with Crippen molar-refractivity contribution in [2.24, 2.45) is 5.92 Å². The third kappa shape index (κ3) is 2.55. The van der Waals surface area contributed by atoms with E-state index >= 15 is 0 Å². The number of carbonyl (C=O) groups is 1. The average molecular weight is 208 g/mol. The Morgan fingerprint density at radius 3 is 2.87 bits per heavy atom. The van der Waals surface area contributed by atoms with Crippen LogP contribution in [0.3, 0.4) is 0 Å². The van der Waals surface area contributed by atoms with Gasteiger partial charge in [0.25, 0.3) is 0 Å². The molecule has 2 nitrogen and oxygen atoms in total. The van der Waals surface area contributed by atoms with Crippen molar-refractivity contribution in [3.63, 3.8) is 0 Å². The largest absolute Gasteiger partial charge is 0.490 e. The molecule has 2 rings (SSSR count). The normalized spacial score (nSPS) is 15.1. The Hall–Kier alpha value is -1.38. The zero-order chi connectivity index (χ0) is 10.8. The maximum atomic E-state index is 13.3. The third-order valence-corrected chi connectivity index (χ3v) is 2.51. The molecule has 0 spiro atoms. The molecule has 0 amide bonds. The van der Waals surface area contributed by atoms with Crippen LogP contribution in [0.2, 0.25) is 0 Å². The lowest BCUT2D eigenvalue weighted by Crippen LogP contribution is -2.02. The monoisotopic (exact) mass is 208 g/mol. The Morgan fingerprint density at radius 2 is 2.27 bits per heavy atom. The molecule has 0 radical (unpaired) electrons. The van der Waals surface area contributed by atoms with E-state index in [0.717, 1.165) is 12.8 Å². The molecule has 1 aliphatic rings. The van der Waals surface area contributed by atoms with E-state index in [1.54, 1.807) is 0 Å². The van der Waals surface area contributed by atoms with E-state index in [9.17, 15) is 9.18 Å². The maximum absolute atomic E-state index is 13.3. The molecule has 0 bridgehead atoms. The third-order valence-electron chi connectivity index (χ3n) is 2.51. The summed E-state index contributed by atoms with van der Waals surface area (Å²) < 4.78 is 18.6. The molecule has 0 atom stereocenters. The number of carbonyl (C=O) groups excluding carboxylic acids is 1. The summed E-state index contributed by atoms with van der Waals surface area (Å²) in [4.78, 5) is 11.1. The number of hydrogen-bond acceptors (Lipinski definition) is 2. The van der Waals surface area contributed by atoms with Crippen LogP contribution in [-0.4, -0.2) is 12.4 Å². The molecule has 1 saturated carbocycles. The number of rotatable bonds is 4. The Morgan fingerprint density at radius 1 is 1.53 bits per heavy atom. The van der Waals surface area contributed by atoms with E-state index in [4.69, 9.17) is 4.74 Å². The number of hydrogen-bond donors (Lipinski definition) is 0. The average Bonchev–Trinajstić information content (AvgIpc) is 3.00. The smallest absolute Gasteiger partial charge is 0.165 e. The Bertz CT molecular complexity index is 383. The first-order chi connectivity index (χ1) is 7.16. The second-order valence-electron chi connectivity index (χ2n) is 3.96. The van der Waals surface area contributed by atoms with Gasteiger partial charge in [-0.3, -0.25) is 4.79 Å². The molecule has 1 aliphatic carbocycles. The Balaban J connectivity index is 2.12. The highest BCUT2D eigenvalue weighted by atomic mass is 19.1. The van der Waals surface area contributed by atoms with Gasteiger partial charge in [0.15, 0.2) is 17.3 Å². The first-order valence-electron chi connectivity index (χ1n) is 5.10. The number of ketones is 1. The molecule has 15 heavy (non-hydrogen) atoms. The highest BCUT2D eigenvalue weighted by molar-refractivity contribution is 5.94. The summed E-state index contributed by atoms with van der Waals surface area (Å²) >= 11 is 0. The fourth-order valence-electron chi connectivity index (χ4n) is 1.33. The molecule has 0 saturated heterocycles. The van der Waals surface area contributed by atoms with Crippen molar-refractivity contribution in [2.45, 2.75) is 19.8 Å². The minimum Gasteiger partial charge on any atom is -0.490 e. The molecule has 1 fully saturated rings. The van der Waals surface area contributed by atoms with Gasteiger partial charge in [-0.15, -0.1) is 0 Å². The van der Waals surface area contributed by atoms with Crippen molar-refractivity contribution in [3.8, 4) is 5.75 Å². The molecule has 0 aliphatic heterocycles. The zero-order valence-corrected chi connectivity index (χ0v) is 8.63. The lowest BCUT2D eigenvalue weighted by atomic mass is 10.1. The van der Waals surface area contributed by atoms with E-state index < -0.39 is 5.82 Å². The van der Waals surface area contributed by atoms with Crippen LogP contribution in [0.4, 0.5) is 4.39 Å². The Kier molecular flexibility index (Phi) is 2.71. The molecule has 0 N–H and O–H groups in total. The molecule has 3 heteroatoms. The summed E-state index contributed by atoms with van der Waals surface area (Å²) in [6.45, 7) is 2.01. The molecule has 0 aromatic heterocycles. The summed E-state index contributed by atoms with van der Waals surface area (Å²) in [5.41, 5.74) is 0.488. The predicted molar refractivity (Wildman–Crippen MR) is 54.6 cm³/mol. The fourth-order valence-corrected chi connectivity index (χ4v) is 1.33. The summed E-state index contributed by atoms with van der Waals surface area (Å²) in [5.74, 6) is 0.284. The van der Waals surface area contributed by atoms with Crippen LogP contribution < -0.4 is 4.74 Å².